The first kappa shape index (κ1) is 31.8. The van der Waals surface area contributed by atoms with Gasteiger partial charge in [0.2, 0.25) is 5.36 Å². The third kappa shape index (κ3) is 4.69. The van der Waals surface area contributed by atoms with Crippen LogP contribution in [0.25, 0.3) is 38.4 Å². The molecule has 7 aromatic rings. The van der Waals surface area contributed by atoms with Crippen molar-refractivity contribution in [2.45, 2.75) is 52.0 Å². The number of carboxylic acid groups (broad SMARTS) is 1. The number of rotatable bonds is 4. The second-order valence-corrected chi connectivity index (χ2v) is 16.5. The van der Waals surface area contributed by atoms with Gasteiger partial charge in [-0.2, -0.15) is 0 Å². The van der Waals surface area contributed by atoms with Crippen molar-refractivity contribution in [1.82, 2.24) is 4.58 Å². The van der Waals surface area contributed by atoms with E-state index in [2.05, 4.69) is 135 Å². The molecular formula is C48H41N2O3+. The molecule has 10 rings (SSSR count). The van der Waals surface area contributed by atoms with Crippen molar-refractivity contribution in [2.24, 2.45) is 0 Å². The fourth-order valence-corrected chi connectivity index (χ4v) is 9.43. The van der Waals surface area contributed by atoms with E-state index in [1.807, 2.05) is 12.1 Å². The van der Waals surface area contributed by atoms with Gasteiger partial charge < -0.3 is 14.7 Å². The zero-order valence-electron chi connectivity index (χ0n) is 30.7. The minimum atomic E-state index is -0.909. The van der Waals surface area contributed by atoms with Crippen molar-refractivity contribution >= 4 is 55.7 Å². The van der Waals surface area contributed by atoms with Crippen LogP contribution in [-0.2, 0) is 17.4 Å². The van der Waals surface area contributed by atoms with Gasteiger partial charge in [-0.05, 0) is 90.9 Å². The molecule has 3 aliphatic heterocycles. The van der Waals surface area contributed by atoms with Gasteiger partial charge in [0, 0.05) is 44.9 Å². The number of nitrogens with zero attached hydrogens (tertiary/aromatic N) is 2. The molecule has 3 heterocycles. The Morgan fingerprint density at radius 3 is 2.11 bits per heavy atom. The summed E-state index contributed by atoms with van der Waals surface area (Å²) in [5.74, 6) is 1.01. The molecule has 0 aliphatic carbocycles. The van der Waals surface area contributed by atoms with Crippen molar-refractivity contribution < 1.29 is 14.6 Å². The first-order valence-corrected chi connectivity index (χ1v) is 18.5. The third-order valence-electron chi connectivity index (χ3n) is 11.8. The van der Waals surface area contributed by atoms with E-state index in [1.54, 1.807) is 12.1 Å². The van der Waals surface area contributed by atoms with Crippen LogP contribution in [0.2, 0.25) is 0 Å². The highest BCUT2D eigenvalue weighted by Crippen LogP contribution is 2.56. The number of hydrogen-bond acceptors (Lipinski definition) is 3. The lowest BCUT2D eigenvalue weighted by atomic mass is 9.80. The smallest absolute Gasteiger partial charge is 0.335 e. The van der Waals surface area contributed by atoms with Crippen LogP contribution in [-0.4, -0.2) is 24.2 Å². The van der Waals surface area contributed by atoms with Gasteiger partial charge >= 0.3 is 5.97 Å². The van der Waals surface area contributed by atoms with Gasteiger partial charge in [-0.15, -0.1) is 0 Å². The molecule has 260 valence electrons. The fourth-order valence-electron chi connectivity index (χ4n) is 9.43. The van der Waals surface area contributed by atoms with Gasteiger partial charge in [0.05, 0.1) is 27.6 Å². The molecule has 0 unspecified atom stereocenters. The molecule has 0 aromatic heterocycles. The summed E-state index contributed by atoms with van der Waals surface area (Å²) in [6.07, 6.45) is 2.42. The van der Waals surface area contributed by atoms with E-state index < -0.39 is 5.97 Å². The number of aromatic carboxylic acids is 1. The Hall–Kier alpha value is -5.94. The maximum atomic E-state index is 11.6. The number of hydrogen-bond donors (Lipinski definition) is 1. The number of ether oxygens (including phenoxy) is 1. The molecule has 7 aromatic carbocycles. The Bertz CT molecular complexity index is 2870. The highest BCUT2D eigenvalue weighted by atomic mass is 16.5. The second kappa shape index (κ2) is 11.0. The van der Waals surface area contributed by atoms with Crippen molar-refractivity contribution in [1.29, 1.82) is 0 Å². The van der Waals surface area contributed by atoms with E-state index in [0.717, 1.165) is 40.9 Å². The van der Waals surface area contributed by atoms with Crippen molar-refractivity contribution in [3.63, 3.8) is 0 Å². The molecule has 0 radical (unpaired) electrons. The molecule has 53 heavy (non-hydrogen) atoms. The van der Waals surface area contributed by atoms with Crippen molar-refractivity contribution in [3.05, 3.63) is 153 Å². The van der Waals surface area contributed by atoms with Gasteiger partial charge in [0.15, 0.2) is 13.1 Å². The molecule has 0 spiro atoms. The van der Waals surface area contributed by atoms with Crippen LogP contribution < -0.4 is 24.8 Å². The number of anilines is 2. The minimum absolute atomic E-state index is 0.195. The maximum absolute atomic E-state index is 11.6. The highest BCUT2D eigenvalue weighted by molar-refractivity contribution is 6.12. The maximum Gasteiger partial charge on any atom is 0.335 e. The Balaban J connectivity index is 1.30. The normalized spacial score (nSPS) is 16.2. The van der Waals surface area contributed by atoms with Gasteiger partial charge in [-0.1, -0.05) is 86.1 Å². The molecule has 3 aliphatic rings. The summed E-state index contributed by atoms with van der Waals surface area (Å²) in [5.41, 5.74) is 8.28. The highest BCUT2D eigenvalue weighted by Gasteiger charge is 2.45. The number of benzene rings is 7. The molecule has 0 atom stereocenters. The third-order valence-corrected chi connectivity index (χ3v) is 11.8. The van der Waals surface area contributed by atoms with Crippen LogP contribution in [0.5, 0.6) is 11.5 Å². The van der Waals surface area contributed by atoms with Crippen molar-refractivity contribution in [2.75, 3.05) is 18.0 Å². The van der Waals surface area contributed by atoms with Gasteiger partial charge in [0.1, 0.15) is 11.5 Å². The fraction of sp³-hybridized carbons (Fsp3) is 0.208. The minimum Gasteiger partial charge on any atom is -0.478 e. The standard InChI is InChI=1S/C48H40N2O3/c1-28-14-20-33(21-15-28)50-27-48(4,5)41-43(50)37-23-32-11-7-6-10-31(32)22-36(37)39-24-38-34-12-8-9-13-35(34)42-40(44(38)53-45(39)41)47(2,3)26-49(42)25-29-16-18-30(19-17-29)46(51)52/h6-24H,25-27H2,1-5H3/p+1. The summed E-state index contributed by atoms with van der Waals surface area (Å²) >= 11 is 0. The summed E-state index contributed by atoms with van der Waals surface area (Å²) in [5, 5.41) is 19.1. The first-order chi connectivity index (χ1) is 25.5. The first-order valence-electron chi connectivity index (χ1n) is 18.5. The van der Waals surface area contributed by atoms with E-state index in [1.165, 1.54) is 65.7 Å². The van der Waals surface area contributed by atoms with Gasteiger partial charge in [-0.3, -0.25) is 0 Å². The van der Waals surface area contributed by atoms with E-state index in [9.17, 15) is 9.90 Å². The average Bonchev–Trinajstić information content (AvgIpc) is 3.59. The molecule has 0 saturated carbocycles. The van der Waals surface area contributed by atoms with Gasteiger partial charge in [0.25, 0.3) is 0 Å². The lowest BCUT2D eigenvalue weighted by Crippen LogP contribution is -2.30. The van der Waals surface area contributed by atoms with E-state index in [0.29, 0.717) is 12.1 Å². The molecular weight excluding hydrogens is 653 g/mol. The predicted octanol–water partition coefficient (Wildman–Crippen LogP) is 9.50. The van der Waals surface area contributed by atoms with Crippen LogP contribution in [0.3, 0.4) is 0 Å². The number of carboxylic acids is 1. The second-order valence-electron chi connectivity index (χ2n) is 16.5. The lowest BCUT2D eigenvalue weighted by molar-refractivity contribution is 0.0697. The quantitative estimate of drug-likeness (QED) is 0.147. The summed E-state index contributed by atoms with van der Waals surface area (Å²) in [7, 11) is 0. The van der Waals surface area contributed by atoms with Crippen LogP contribution >= 0.6 is 0 Å². The summed E-state index contributed by atoms with van der Waals surface area (Å²) in [4.78, 5) is 14.1. The molecule has 5 nitrogen and oxygen atoms in total. The Kier molecular flexibility index (Phi) is 6.61. The van der Waals surface area contributed by atoms with Crippen molar-refractivity contribution in [3.8, 4) is 11.5 Å². The molecule has 0 bridgehead atoms. The SMILES string of the molecule is Cc1ccc(N2CC(C)(C)c3c4c(c5cc6ccccc6cc5c32)C=c2c(c3c(c5ccccc25)=[N+](Cc2ccc(C(=O)O)cc2)CC3(C)C)O4)cc1. The predicted molar refractivity (Wildman–Crippen MR) is 216 cm³/mol. The molecule has 0 saturated heterocycles. The van der Waals surface area contributed by atoms with Crippen LogP contribution in [0.15, 0.2) is 109 Å². The number of aryl methyl sites for hydroxylation is 1. The van der Waals surface area contributed by atoms with E-state index >= 15 is 0 Å². The van der Waals surface area contributed by atoms with E-state index in [-0.39, 0.29) is 10.8 Å². The Labute approximate surface area is 308 Å². The van der Waals surface area contributed by atoms with Crippen LogP contribution in [0, 0.1) is 6.92 Å². The van der Waals surface area contributed by atoms with Crippen LogP contribution in [0.4, 0.5) is 11.4 Å². The lowest BCUT2D eigenvalue weighted by Gasteiger charge is -2.28. The Morgan fingerprint density at radius 2 is 1.42 bits per heavy atom. The monoisotopic (exact) mass is 693 g/mol. The topological polar surface area (TPSA) is 52.8 Å². The number of fused-ring (bicyclic) bond motifs is 13. The summed E-state index contributed by atoms with van der Waals surface area (Å²) < 4.78 is 10.0. The Morgan fingerprint density at radius 1 is 0.755 bits per heavy atom. The molecule has 0 fully saturated rings. The summed E-state index contributed by atoms with van der Waals surface area (Å²) in [6.45, 7) is 13.8. The van der Waals surface area contributed by atoms with Crippen LogP contribution in [0.1, 0.15) is 65.9 Å². The molecule has 1 N–H and O–H groups in total. The number of carbonyl (C=O) groups is 1. The average molecular weight is 694 g/mol. The summed E-state index contributed by atoms with van der Waals surface area (Å²) in [6, 6.07) is 38.4. The molecule has 0 amide bonds. The van der Waals surface area contributed by atoms with Gasteiger partial charge in [-0.25, -0.2) is 9.37 Å². The zero-order chi connectivity index (χ0) is 36.4. The largest absolute Gasteiger partial charge is 0.478 e. The zero-order valence-corrected chi connectivity index (χ0v) is 30.7. The van der Waals surface area contributed by atoms with E-state index in [4.69, 9.17) is 4.74 Å². The molecule has 5 heteroatoms.